The van der Waals surface area contributed by atoms with Crippen LogP contribution in [0, 0.1) is 12.8 Å². The minimum Gasteiger partial charge on any atom is -0.343 e. The molecule has 2 aliphatic rings. The van der Waals surface area contributed by atoms with E-state index in [9.17, 15) is 18.0 Å². The third-order valence-electron chi connectivity index (χ3n) is 7.99. The fourth-order valence-corrected chi connectivity index (χ4v) is 7.52. The summed E-state index contributed by atoms with van der Waals surface area (Å²) in [6.07, 6.45) is 3.23. The molecule has 2 aromatic carbocycles. The molecule has 10 heteroatoms. The number of carbonyl (C=O) groups is 2. The summed E-state index contributed by atoms with van der Waals surface area (Å²) in [6, 6.07) is 12.1. The summed E-state index contributed by atoms with van der Waals surface area (Å²) in [7, 11) is -3.39. The second-order valence-electron chi connectivity index (χ2n) is 10.6. The average molecular weight is 595 g/mol. The molecular formula is C29H37Cl2N3O4S. The van der Waals surface area contributed by atoms with Gasteiger partial charge in [0.1, 0.15) is 0 Å². The standard InChI is InChI=1S/C29H37Cl2N3O4S/c1-21-4-7-25(20-28(21)31)34(29(36)23-10-18-33(19-11-23)22(2)35)15-3-14-32-16-12-27(13-17-32)39(37,38)26-8-5-24(30)6-9-26/h4-9,20,23,27H,3,10-19H2,1-2H3. The van der Waals surface area contributed by atoms with Crippen LogP contribution in [0.4, 0.5) is 5.69 Å². The van der Waals surface area contributed by atoms with Crippen LogP contribution in [0.2, 0.25) is 10.0 Å². The minimum atomic E-state index is -3.39. The van der Waals surface area contributed by atoms with Crippen LogP contribution in [-0.4, -0.2) is 74.6 Å². The Morgan fingerprint density at radius 3 is 2.18 bits per heavy atom. The van der Waals surface area contributed by atoms with Crippen LogP contribution in [0.1, 0.15) is 44.6 Å². The van der Waals surface area contributed by atoms with E-state index in [0.717, 1.165) is 24.2 Å². The number of sulfone groups is 1. The van der Waals surface area contributed by atoms with E-state index in [4.69, 9.17) is 23.2 Å². The van der Waals surface area contributed by atoms with Gasteiger partial charge in [0.25, 0.3) is 0 Å². The number of rotatable bonds is 8. The number of halogens is 2. The Bertz CT molecular complexity index is 1270. The van der Waals surface area contributed by atoms with Gasteiger partial charge in [-0.3, -0.25) is 9.59 Å². The number of amides is 2. The van der Waals surface area contributed by atoms with Crippen molar-refractivity contribution >= 4 is 50.5 Å². The number of aryl methyl sites for hydroxylation is 1. The monoisotopic (exact) mass is 593 g/mol. The molecule has 0 radical (unpaired) electrons. The summed E-state index contributed by atoms with van der Waals surface area (Å²) in [6.45, 7) is 7.43. The lowest BCUT2D eigenvalue weighted by Gasteiger charge is -2.35. The zero-order chi connectivity index (χ0) is 28.2. The molecule has 2 aromatic rings. The third kappa shape index (κ3) is 7.34. The first kappa shape index (κ1) is 29.8. The van der Waals surface area contributed by atoms with Gasteiger partial charge in [-0.25, -0.2) is 8.42 Å². The molecule has 39 heavy (non-hydrogen) atoms. The van der Waals surface area contributed by atoms with Crippen molar-refractivity contribution in [2.75, 3.05) is 44.2 Å². The maximum atomic E-state index is 13.7. The molecule has 2 amide bonds. The van der Waals surface area contributed by atoms with Gasteiger partial charge in [-0.15, -0.1) is 0 Å². The van der Waals surface area contributed by atoms with Gasteiger partial charge in [0.15, 0.2) is 9.84 Å². The topological polar surface area (TPSA) is 78.0 Å². The first-order chi connectivity index (χ1) is 18.6. The van der Waals surface area contributed by atoms with Crippen LogP contribution in [0.15, 0.2) is 47.4 Å². The highest BCUT2D eigenvalue weighted by Crippen LogP contribution is 2.29. The molecule has 212 valence electrons. The van der Waals surface area contributed by atoms with E-state index in [2.05, 4.69) is 4.90 Å². The third-order valence-corrected chi connectivity index (χ3v) is 10.9. The molecule has 0 bridgehead atoms. The molecule has 7 nitrogen and oxygen atoms in total. The van der Waals surface area contributed by atoms with E-state index in [0.29, 0.717) is 73.3 Å². The Morgan fingerprint density at radius 2 is 1.59 bits per heavy atom. The molecule has 0 aliphatic carbocycles. The van der Waals surface area contributed by atoms with Crippen molar-refractivity contribution in [1.29, 1.82) is 0 Å². The normalized spacial score (nSPS) is 17.8. The van der Waals surface area contributed by atoms with Crippen molar-refractivity contribution in [3.05, 3.63) is 58.1 Å². The zero-order valence-corrected chi connectivity index (χ0v) is 24.9. The Kier molecular flexibility index (Phi) is 9.97. The van der Waals surface area contributed by atoms with E-state index in [1.807, 2.05) is 30.0 Å². The number of likely N-dealkylation sites (tertiary alicyclic amines) is 2. The van der Waals surface area contributed by atoms with Crippen molar-refractivity contribution in [1.82, 2.24) is 9.80 Å². The van der Waals surface area contributed by atoms with Crippen molar-refractivity contribution in [2.24, 2.45) is 5.92 Å². The van der Waals surface area contributed by atoms with Gasteiger partial charge >= 0.3 is 0 Å². The summed E-state index contributed by atoms with van der Waals surface area (Å²) in [5.41, 5.74) is 1.75. The summed E-state index contributed by atoms with van der Waals surface area (Å²) < 4.78 is 26.1. The second-order valence-corrected chi connectivity index (χ2v) is 13.7. The van der Waals surface area contributed by atoms with Gasteiger partial charge in [0.2, 0.25) is 11.8 Å². The molecule has 2 fully saturated rings. The molecule has 0 aromatic heterocycles. The van der Waals surface area contributed by atoms with Crippen LogP contribution in [-0.2, 0) is 19.4 Å². The predicted octanol–water partition coefficient (Wildman–Crippen LogP) is 5.22. The number of hydrogen-bond donors (Lipinski definition) is 0. The Labute approximate surface area is 242 Å². The molecule has 2 heterocycles. The summed E-state index contributed by atoms with van der Waals surface area (Å²) in [5.74, 6) is -0.00630. The number of piperidine rings is 2. The average Bonchev–Trinajstić information content (AvgIpc) is 2.93. The lowest BCUT2D eigenvalue weighted by Crippen LogP contribution is -2.45. The Hall–Kier alpha value is -2.13. The molecular weight excluding hydrogens is 557 g/mol. The molecule has 2 saturated heterocycles. The highest BCUT2D eigenvalue weighted by Gasteiger charge is 2.32. The van der Waals surface area contributed by atoms with Crippen molar-refractivity contribution < 1.29 is 18.0 Å². The van der Waals surface area contributed by atoms with Crippen LogP contribution >= 0.6 is 23.2 Å². The highest BCUT2D eigenvalue weighted by molar-refractivity contribution is 7.92. The van der Waals surface area contributed by atoms with E-state index < -0.39 is 15.1 Å². The molecule has 0 saturated carbocycles. The van der Waals surface area contributed by atoms with Crippen molar-refractivity contribution in [3.63, 3.8) is 0 Å². The van der Waals surface area contributed by atoms with Gasteiger partial charge in [0.05, 0.1) is 10.1 Å². The fourth-order valence-electron chi connectivity index (χ4n) is 5.49. The Morgan fingerprint density at radius 1 is 0.949 bits per heavy atom. The maximum absolute atomic E-state index is 13.7. The molecule has 2 aliphatic heterocycles. The van der Waals surface area contributed by atoms with Crippen molar-refractivity contribution in [2.45, 2.75) is 56.1 Å². The van der Waals surface area contributed by atoms with Crippen LogP contribution in [0.3, 0.4) is 0 Å². The molecule has 0 unspecified atom stereocenters. The van der Waals surface area contributed by atoms with E-state index in [1.54, 1.807) is 36.1 Å². The lowest BCUT2D eigenvalue weighted by atomic mass is 9.94. The second kappa shape index (κ2) is 13.0. The van der Waals surface area contributed by atoms with Gasteiger partial charge < -0.3 is 14.7 Å². The molecule has 0 atom stereocenters. The number of nitrogens with zero attached hydrogens (tertiary/aromatic N) is 3. The summed E-state index contributed by atoms with van der Waals surface area (Å²) >= 11 is 12.3. The highest BCUT2D eigenvalue weighted by atomic mass is 35.5. The van der Waals surface area contributed by atoms with Crippen molar-refractivity contribution in [3.8, 4) is 0 Å². The number of benzene rings is 2. The number of carbonyl (C=O) groups excluding carboxylic acids is 2. The van der Waals surface area contributed by atoms with Crippen LogP contribution in [0.25, 0.3) is 0 Å². The molecule has 0 spiro atoms. The first-order valence-corrected chi connectivity index (χ1v) is 15.9. The van der Waals surface area contributed by atoms with Crippen LogP contribution < -0.4 is 4.90 Å². The van der Waals surface area contributed by atoms with E-state index >= 15 is 0 Å². The maximum Gasteiger partial charge on any atom is 0.230 e. The molecule has 4 rings (SSSR count). The quantitative estimate of drug-likeness (QED) is 0.419. The van der Waals surface area contributed by atoms with Crippen LogP contribution in [0.5, 0.6) is 0 Å². The van der Waals surface area contributed by atoms with Gasteiger partial charge in [-0.2, -0.15) is 0 Å². The van der Waals surface area contributed by atoms with E-state index in [-0.39, 0.29) is 17.7 Å². The zero-order valence-electron chi connectivity index (χ0n) is 22.6. The minimum absolute atomic E-state index is 0.0489. The lowest BCUT2D eigenvalue weighted by molar-refractivity contribution is -0.133. The Balaban J connectivity index is 1.35. The fraction of sp³-hybridized carbons (Fsp3) is 0.517. The number of hydrogen-bond acceptors (Lipinski definition) is 5. The molecule has 0 N–H and O–H groups in total. The summed E-state index contributed by atoms with van der Waals surface area (Å²) in [5, 5.41) is 0.745. The van der Waals surface area contributed by atoms with Gasteiger partial charge in [-0.1, -0.05) is 29.3 Å². The SMILES string of the molecule is CC(=O)N1CCC(C(=O)N(CCCN2CCC(S(=O)(=O)c3ccc(Cl)cc3)CC2)c2ccc(C)c(Cl)c2)CC1. The predicted molar refractivity (Wildman–Crippen MR) is 156 cm³/mol. The summed E-state index contributed by atoms with van der Waals surface area (Å²) in [4.78, 5) is 31.6. The van der Waals surface area contributed by atoms with Gasteiger partial charge in [-0.05, 0) is 101 Å². The van der Waals surface area contributed by atoms with E-state index in [1.165, 1.54) is 0 Å². The smallest absolute Gasteiger partial charge is 0.230 e. The number of anilines is 1. The largest absolute Gasteiger partial charge is 0.343 e. The van der Waals surface area contributed by atoms with Gasteiger partial charge in [0, 0.05) is 48.2 Å². The first-order valence-electron chi connectivity index (χ1n) is 13.6.